The summed E-state index contributed by atoms with van der Waals surface area (Å²) in [6.07, 6.45) is 3.45. The van der Waals surface area contributed by atoms with E-state index in [4.69, 9.17) is 4.42 Å². The number of furan rings is 1. The zero-order valence-corrected chi connectivity index (χ0v) is 10.5. The number of rotatable bonds is 3. The van der Waals surface area contributed by atoms with Gasteiger partial charge in [0.2, 0.25) is 0 Å². The van der Waals surface area contributed by atoms with Crippen molar-refractivity contribution in [2.24, 2.45) is 0 Å². The molecule has 2 heterocycles. The van der Waals surface area contributed by atoms with Gasteiger partial charge in [0.25, 0.3) is 0 Å². The molecule has 0 atom stereocenters. The highest BCUT2D eigenvalue weighted by atomic mass is 79.9. The molecule has 0 aliphatic rings. The molecule has 15 heavy (non-hydrogen) atoms. The summed E-state index contributed by atoms with van der Waals surface area (Å²) >= 11 is 5.05. The number of thioether (sulfide) groups is 1. The molecule has 0 N–H and O–H groups in total. The Kier molecular flexibility index (Phi) is 3.43. The second-order valence-electron chi connectivity index (χ2n) is 2.94. The lowest BCUT2D eigenvalue weighted by Gasteiger charge is -2.02. The van der Waals surface area contributed by atoms with E-state index in [9.17, 15) is 0 Å². The molecule has 5 heteroatoms. The molecule has 0 bridgehead atoms. The zero-order chi connectivity index (χ0) is 10.7. The predicted molar refractivity (Wildman–Crippen MR) is 62.7 cm³/mol. The Bertz CT molecular complexity index is 445. The molecular formula is C10H9BrN2OS. The van der Waals surface area contributed by atoms with E-state index in [1.165, 1.54) is 0 Å². The van der Waals surface area contributed by atoms with Gasteiger partial charge in [-0.05, 0) is 35.0 Å². The Morgan fingerprint density at radius 1 is 1.53 bits per heavy atom. The Morgan fingerprint density at radius 2 is 2.40 bits per heavy atom. The van der Waals surface area contributed by atoms with E-state index in [0.29, 0.717) is 0 Å². The van der Waals surface area contributed by atoms with Crippen molar-refractivity contribution in [1.29, 1.82) is 0 Å². The number of halogens is 1. The van der Waals surface area contributed by atoms with E-state index in [2.05, 4.69) is 25.9 Å². The fourth-order valence-electron chi connectivity index (χ4n) is 1.07. The minimum absolute atomic E-state index is 0.778. The SMILES string of the molecule is Cc1ncc(Br)c(SCc2ccco2)n1. The van der Waals surface area contributed by atoms with Crippen LogP contribution in [0.2, 0.25) is 0 Å². The molecule has 0 amide bonds. The van der Waals surface area contributed by atoms with Crippen LogP contribution in [0.25, 0.3) is 0 Å². The Hall–Kier alpha value is -0.810. The van der Waals surface area contributed by atoms with Gasteiger partial charge in [-0.25, -0.2) is 9.97 Å². The van der Waals surface area contributed by atoms with Crippen molar-refractivity contribution in [2.45, 2.75) is 17.7 Å². The molecule has 2 aromatic heterocycles. The van der Waals surface area contributed by atoms with Crippen LogP contribution in [0.3, 0.4) is 0 Å². The summed E-state index contributed by atoms with van der Waals surface area (Å²) in [4.78, 5) is 8.43. The summed E-state index contributed by atoms with van der Waals surface area (Å²) in [5, 5.41) is 0.943. The maximum atomic E-state index is 5.25. The molecule has 2 rings (SSSR count). The fraction of sp³-hybridized carbons (Fsp3) is 0.200. The lowest BCUT2D eigenvalue weighted by molar-refractivity contribution is 0.530. The lowest BCUT2D eigenvalue weighted by atomic mass is 10.5. The first-order valence-electron chi connectivity index (χ1n) is 4.40. The van der Waals surface area contributed by atoms with Crippen LogP contribution in [0.5, 0.6) is 0 Å². The normalized spacial score (nSPS) is 10.5. The van der Waals surface area contributed by atoms with E-state index in [1.54, 1.807) is 24.2 Å². The van der Waals surface area contributed by atoms with Crippen LogP contribution < -0.4 is 0 Å². The molecule has 0 aromatic carbocycles. The molecule has 0 saturated heterocycles. The number of hydrogen-bond donors (Lipinski definition) is 0. The van der Waals surface area contributed by atoms with Crippen LogP contribution in [-0.2, 0) is 5.75 Å². The maximum absolute atomic E-state index is 5.25. The average Bonchev–Trinajstić information content (AvgIpc) is 2.72. The quantitative estimate of drug-likeness (QED) is 0.639. The summed E-state index contributed by atoms with van der Waals surface area (Å²) in [6.45, 7) is 1.88. The summed E-state index contributed by atoms with van der Waals surface area (Å²) in [5.74, 6) is 2.51. The molecule has 0 radical (unpaired) electrons. The van der Waals surface area contributed by atoms with Crippen molar-refractivity contribution < 1.29 is 4.42 Å². The number of hydrogen-bond acceptors (Lipinski definition) is 4. The van der Waals surface area contributed by atoms with Gasteiger partial charge < -0.3 is 4.42 Å². The largest absolute Gasteiger partial charge is 0.468 e. The first kappa shape index (κ1) is 10.7. The van der Waals surface area contributed by atoms with Crippen LogP contribution in [0, 0.1) is 6.92 Å². The highest BCUT2D eigenvalue weighted by molar-refractivity contribution is 9.10. The topological polar surface area (TPSA) is 38.9 Å². The van der Waals surface area contributed by atoms with Crippen molar-refractivity contribution in [2.75, 3.05) is 0 Å². The molecule has 0 aliphatic heterocycles. The van der Waals surface area contributed by atoms with Gasteiger partial charge in [0.1, 0.15) is 16.6 Å². The van der Waals surface area contributed by atoms with Gasteiger partial charge in [0.15, 0.2) is 0 Å². The van der Waals surface area contributed by atoms with Crippen LogP contribution in [-0.4, -0.2) is 9.97 Å². The second kappa shape index (κ2) is 4.81. The number of aryl methyl sites for hydroxylation is 1. The summed E-state index contributed by atoms with van der Waals surface area (Å²) in [6, 6.07) is 3.84. The Balaban J connectivity index is 2.07. The van der Waals surface area contributed by atoms with Crippen molar-refractivity contribution >= 4 is 27.7 Å². The van der Waals surface area contributed by atoms with E-state index in [0.717, 1.165) is 26.8 Å². The third-order valence-corrected chi connectivity index (χ3v) is 3.62. The first-order chi connectivity index (χ1) is 7.25. The van der Waals surface area contributed by atoms with Crippen molar-refractivity contribution in [3.8, 4) is 0 Å². The van der Waals surface area contributed by atoms with Gasteiger partial charge >= 0.3 is 0 Å². The Labute approximate surface area is 100 Å². The van der Waals surface area contributed by atoms with E-state index in [-0.39, 0.29) is 0 Å². The smallest absolute Gasteiger partial charge is 0.126 e. The van der Waals surface area contributed by atoms with Crippen molar-refractivity contribution in [1.82, 2.24) is 9.97 Å². The van der Waals surface area contributed by atoms with E-state index in [1.807, 2.05) is 19.1 Å². The van der Waals surface area contributed by atoms with Gasteiger partial charge in [-0.3, -0.25) is 0 Å². The van der Waals surface area contributed by atoms with Crippen molar-refractivity contribution in [3.05, 3.63) is 40.7 Å². The standard InChI is InChI=1S/C10H9BrN2OS/c1-7-12-5-9(11)10(13-7)15-6-8-3-2-4-14-8/h2-5H,6H2,1H3. The second-order valence-corrected chi connectivity index (χ2v) is 4.76. The Morgan fingerprint density at radius 3 is 3.13 bits per heavy atom. The molecule has 0 aliphatic carbocycles. The van der Waals surface area contributed by atoms with E-state index >= 15 is 0 Å². The predicted octanol–water partition coefficient (Wildman–Crippen LogP) is 3.43. The average molecular weight is 285 g/mol. The lowest BCUT2D eigenvalue weighted by Crippen LogP contribution is -1.90. The molecule has 0 saturated carbocycles. The summed E-state index contributed by atoms with van der Waals surface area (Å²) in [5.41, 5.74) is 0. The van der Waals surface area contributed by atoms with Gasteiger partial charge in [-0.2, -0.15) is 0 Å². The zero-order valence-electron chi connectivity index (χ0n) is 8.11. The number of aromatic nitrogens is 2. The first-order valence-corrected chi connectivity index (χ1v) is 6.18. The summed E-state index contributed by atoms with van der Waals surface area (Å²) in [7, 11) is 0. The minimum Gasteiger partial charge on any atom is -0.468 e. The molecule has 0 spiro atoms. The molecule has 0 unspecified atom stereocenters. The van der Waals surface area contributed by atoms with Crippen LogP contribution in [0.4, 0.5) is 0 Å². The molecule has 0 fully saturated rings. The highest BCUT2D eigenvalue weighted by Crippen LogP contribution is 2.27. The van der Waals surface area contributed by atoms with Gasteiger partial charge in [0.05, 0.1) is 16.5 Å². The van der Waals surface area contributed by atoms with Crippen LogP contribution >= 0.6 is 27.7 Å². The molecule has 3 nitrogen and oxygen atoms in total. The minimum atomic E-state index is 0.778. The summed E-state index contributed by atoms with van der Waals surface area (Å²) < 4.78 is 6.17. The van der Waals surface area contributed by atoms with Gasteiger partial charge in [0, 0.05) is 6.20 Å². The monoisotopic (exact) mass is 284 g/mol. The number of nitrogens with zero attached hydrogens (tertiary/aromatic N) is 2. The molecule has 2 aromatic rings. The van der Waals surface area contributed by atoms with Gasteiger partial charge in [-0.1, -0.05) is 11.8 Å². The van der Waals surface area contributed by atoms with E-state index < -0.39 is 0 Å². The van der Waals surface area contributed by atoms with Crippen LogP contribution in [0.15, 0.2) is 38.5 Å². The third-order valence-electron chi connectivity index (χ3n) is 1.76. The van der Waals surface area contributed by atoms with Gasteiger partial charge in [-0.15, -0.1) is 0 Å². The fourth-order valence-corrected chi connectivity index (χ4v) is 2.43. The highest BCUT2D eigenvalue weighted by Gasteiger charge is 2.05. The molecular weight excluding hydrogens is 276 g/mol. The third kappa shape index (κ3) is 2.82. The van der Waals surface area contributed by atoms with Crippen molar-refractivity contribution in [3.63, 3.8) is 0 Å². The molecule has 78 valence electrons. The van der Waals surface area contributed by atoms with Crippen LogP contribution in [0.1, 0.15) is 11.6 Å². The maximum Gasteiger partial charge on any atom is 0.126 e.